The van der Waals surface area contributed by atoms with Gasteiger partial charge in [-0.1, -0.05) is 35.0 Å². The molecule has 0 spiro atoms. The van der Waals surface area contributed by atoms with E-state index in [2.05, 4.69) is 53.0 Å². The fourth-order valence-electron chi connectivity index (χ4n) is 1.77. The van der Waals surface area contributed by atoms with Gasteiger partial charge in [0.2, 0.25) is 0 Å². The lowest BCUT2D eigenvalue weighted by Gasteiger charge is -2.25. The smallest absolute Gasteiger partial charge is 0.0638 e. The van der Waals surface area contributed by atoms with Crippen LogP contribution in [-0.2, 0) is 6.54 Å². The van der Waals surface area contributed by atoms with Crippen LogP contribution in [0.15, 0.2) is 28.7 Å². The highest BCUT2D eigenvalue weighted by atomic mass is 79.9. The van der Waals surface area contributed by atoms with E-state index in [9.17, 15) is 0 Å². The molecule has 0 saturated heterocycles. The van der Waals surface area contributed by atoms with Crippen LogP contribution in [0.3, 0.4) is 0 Å². The van der Waals surface area contributed by atoms with Gasteiger partial charge in [-0.25, -0.2) is 0 Å². The zero-order valence-electron chi connectivity index (χ0n) is 9.78. The zero-order valence-corrected chi connectivity index (χ0v) is 11.4. The summed E-state index contributed by atoms with van der Waals surface area (Å²) in [7, 11) is 2.08. The van der Waals surface area contributed by atoms with Crippen LogP contribution in [0.5, 0.6) is 0 Å². The molecule has 0 aliphatic carbocycles. The van der Waals surface area contributed by atoms with Crippen LogP contribution < -0.4 is 0 Å². The minimum absolute atomic E-state index is 0.351. The maximum Gasteiger partial charge on any atom is 0.0638 e. The summed E-state index contributed by atoms with van der Waals surface area (Å²) in [6.07, 6.45) is 1.61. The van der Waals surface area contributed by atoms with Crippen molar-refractivity contribution in [3.05, 3.63) is 34.3 Å². The molecule has 0 radical (unpaired) electrons. The lowest BCUT2D eigenvalue weighted by Crippen LogP contribution is -2.30. The molecule has 0 fully saturated rings. The third-order valence-corrected chi connectivity index (χ3v) is 3.24. The Morgan fingerprint density at radius 3 is 2.81 bits per heavy atom. The molecule has 86 valence electrons. The summed E-state index contributed by atoms with van der Waals surface area (Å²) in [5.41, 5.74) is 1.27. The third kappa shape index (κ3) is 3.96. The normalized spacial score (nSPS) is 12.4. The molecule has 0 saturated carbocycles. The predicted molar refractivity (Wildman–Crippen MR) is 69.9 cm³/mol. The summed E-state index contributed by atoms with van der Waals surface area (Å²) >= 11 is 3.47. The second-order valence-corrected chi connectivity index (χ2v) is 4.89. The Bertz CT molecular complexity index is 370. The van der Waals surface area contributed by atoms with Crippen molar-refractivity contribution in [1.29, 1.82) is 5.26 Å². The lowest BCUT2D eigenvalue weighted by atomic mass is 10.1. The van der Waals surface area contributed by atoms with Gasteiger partial charge in [0.25, 0.3) is 0 Å². The largest absolute Gasteiger partial charge is 0.298 e. The quantitative estimate of drug-likeness (QED) is 0.825. The molecule has 0 amide bonds. The number of hydrogen-bond acceptors (Lipinski definition) is 2. The number of halogens is 1. The second-order valence-electron chi connectivity index (χ2n) is 3.97. The lowest BCUT2D eigenvalue weighted by molar-refractivity contribution is 0.230. The summed E-state index contributed by atoms with van der Waals surface area (Å²) in [4.78, 5) is 2.24. The van der Waals surface area contributed by atoms with Crippen LogP contribution in [0.1, 0.15) is 25.3 Å². The van der Waals surface area contributed by atoms with E-state index < -0.39 is 0 Å². The summed E-state index contributed by atoms with van der Waals surface area (Å²) in [5, 5.41) is 8.74. The van der Waals surface area contributed by atoms with Crippen LogP contribution in [-0.4, -0.2) is 18.0 Å². The Labute approximate surface area is 106 Å². The van der Waals surface area contributed by atoms with Gasteiger partial charge in [-0.3, -0.25) is 4.90 Å². The van der Waals surface area contributed by atoms with Gasteiger partial charge < -0.3 is 0 Å². The van der Waals surface area contributed by atoms with Crippen LogP contribution in [0.25, 0.3) is 0 Å². The van der Waals surface area contributed by atoms with E-state index in [1.54, 1.807) is 0 Å². The van der Waals surface area contributed by atoms with Gasteiger partial charge in [0.05, 0.1) is 12.5 Å². The molecule has 1 aromatic carbocycles. The van der Waals surface area contributed by atoms with E-state index in [-0.39, 0.29) is 0 Å². The average Bonchev–Trinajstić information content (AvgIpc) is 2.25. The molecule has 2 nitrogen and oxygen atoms in total. The number of nitrogens with zero attached hydrogens (tertiary/aromatic N) is 2. The van der Waals surface area contributed by atoms with Crippen molar-refractivity contribution in [2.75, 3.05) is 7.05 Å². The summed E-state index contributed by atoms with van der Waals surface area (Å²) in [6.45, 7) is 3.01. The minimum Gasteiger partial charge on any atom is -0.298 e. The van der Waals surface area contributed by atoms with Gasteiger partial charge in [0.15, 0.2) is 0 Å². The second kappa shape index (κ2) is 6.67. The van der Waals surface area contributed by atoms with Gasteiger partial charge in [-0.15, -0.1) is 0 Å². The first-order chi connectivity index (χ1) is 7.67. The molecule has 16 heavy (non-hydrogen) atoms. The van der Waals surface area contributed by atoms with E-state index in [1.165, 1.54) is 5.56 Å². The molecular formula is C13H17BrN2. The van der Waals surface area contributed by atoms with Crippen molar-refractivity contribution >= 4 is 15.9 Å². The number of rotatable bonds is 5. The van der Waals surface area contributed by atoms with E-state index in [0.717, 1.165) is 17.4 Å². The van der Waals surface area contributed by atoms with Gasteiger partial charge in [-0.05, 0) is 31.2 Å². The van der Waals surface area contributed by atoms with E-state index in [4.69, 9.17) is 5.26 Å². The maximum atomic E-state index is 8.74. The van der Waals surface area contributed by atoms with Crippen LogP contribution in [0.4, 0.5) is 0 Å². The first-order valence-electron chi connectivity index (χ1n) is 5.49. The predicted octanol–water partition coefficient (Wildman–Crippen LogP) is 3.57. The van der Waals surface area contributed by atoms with Gasteiger partial charge in [0.1, 0.15) is 0 Å². The fourth-order valence-corrected chi connectivity index (χ4v) is 2.22. The van der Waals surface area contributed by atoms with Crippen molar-refractivity contribution in [3.63, 3.8) is 0 Å². The molecule has 0 aromatic heterocycles. The molecule has 0 heterocycles. The van der Waals surface area contributed by atoms with E-state index in [0.29, 0.717) is 12.5 Å². The summed E-state index contributed by atoms with van der Waals surface area (Å²) in [6, 6.07) is 10.9. The zero-order chi connectivity index (χ0) is 12.0. The molecular weight excluding hydrogens is 264 g/mol. The first-order valence-corrected chi connectivity index (χ1v) is 6.28. The van der Waals surface area contributed by atoms with Gasteiger partial charge in [-0.2, -0.15) is 5.26 Å². The van der Waals surface area contributed by atoms with Gasteiger partial charge >= 0.3 is 0 Å². The molecule has 1 aromatic rings. The fraction of sp³-hybridized carbons (Fsp3) is 0.462. The van der Waals surface area contributed by atoms with Crippen molar-refractivity contribution in [3.8, 4) is 6.07 Å². The minimum atomic E-state index is 0.351. The third-order valence-electron chi connectivity index (χ3n) is 2.74. The van der Waals surface area contributed by atoms with Crippen molar-refractivity contribution in [1.82, 2.24) is 4.90 Å². The number of nitriles is 1. The van der Waals surface area contributed by atoms with Crippen molar-refractivity contribution in [2.45, 2.75) is 32.4 Å². The van der Waals surface area contributed by atoms with Crippen molar-refractivity contribution in [2.24, 2.45) is 0 Å². The average molecular weight is 281 g/mol. The highest BCUT2D eigenvalue weighted by molar-refractivity contribution is 9.10. The Hall–Kier alpha value is -0.850. The van der Waals surface area contributed by atoms with Crippen molar-refractivity contribution < 1.29 is 0 Å². The highest BCUT2D eigenvalue weighted by Gasteiger charge is 2.12. The highest BCUT2D eigenvalue weighted by Crippen LogP contribution is 2.15. The summed E-state index contributed by atoms with van der Waals surface area (Å²) in [5.74, 6) is 0. The molecule has 3 heteroatoms. The molecule has 0 bridgehead atoms. The van der Waals surface area contributed by atoms with Crippen LogP contribution >= 0.6 is 15.9 Å². The van der Waals surface area contributed by atoms with E-state index >= 15 is 0 Å². The topological polar surface area (TPSA) is 27.0 Å². The van der Waals surface area contributed by atoms with Crippen LogP contribution in [0, 0.1) is 11.3 Å². The van der Waals surface area contributed by atoms with E-state index in [1.807, 2.05) is 12.1 Å². The molecule has 0 aliphatic rings. The summed E-state index contributed by atoms with van der Waals surface area (Å²) < 4.78 is 1.10. The standard InChI is InChI=1S/C13H17BrN2/c1-3-13(7-8-15)16(2)10-11-5-4-6-12(14)9-11/h4-6,9,13H,3,7,10H2,1-2H3. The van der Waals surface area contributed by atoms with Gasteiger partial charge in [0, 0.05) is 17.1 Å². The monoisotopic (exact) mass is 280 g/mol. The van der Waals surface area contributed by atoms with Crippen LogP contribution in [0.2, 0.25) is 0 Å². The Balaban J connectivity index is 2.63. The number of hydrogen-bond donors (Lipinski definition) is 0. The SMILES string of the molecule is CCC(CC#N)N(C)Cc1cccc(Br)c1. The Kier molecular flexibility index (Phi) is 5.51. The molecule has 1 rings (SSSR count). The Morgan fingerprint density at radius 2 is 2.25 bits per heavy atom. The molecule has 1 atom stereocenters. The Morgan fingerprint density at radius 1 is 1.50 bits per heavy atom. The molecule has 0 N–H and O–H groups in total. The maximum absolute atomic E-state index is 8.74. The molecule has 1 unspecified atom stereocenters. The number of benzene rings is 1. The first kappa shape index (κ1) is 13.2. The molecule has 0 aliphatic heterocycles.